The van der Waals surface area contributed by atoms with Crippen LogP contribution in [0.4, 0.5) is 0 Å². The smallest absolute Gasteiger partial charge is 0.336 e. The monoisotopic (exact) mass is 300 g/mol. The summed E-state index contributed by atoms with van der Waals surface area (Å²) in [7, 11) is -3.59. The van der Waals surface area contributed by atoms with Crippen LogP contribution >= 0.6 is 11.6 Å². The molecule has 0 saturated heterocycles. The average Bonchev–Trinajstić information content (AvgIpc) is 2.31. The molecule has 0 aromatic heterocycles. The van der Waals surface area contributed by atoms with E-state index in [0.29, 0.717) is 0 Å². The largest absolute Gasteiger partial charge is 0.478 e. The van der Waals surface area contributed by atoms with Gasteiger partial charge in [-0.1, -0.05) is 11.6 Å². The van der Waals surface area contributed by atoms with Gasteiger partial charge in [0.15, 0.2) is 9.84 Å². The summed E-state index contributed by atoms with van der Waals surface area (Å²) < 4.78 is 24.3. The number of hydrogen-bond donors (Lipinski definition) is 1. The Morgan fingerprint density at radius 1 is 1.42 bits per heavy atom. The van der Waals surface area contributed by atoms with E-state index < -0.39 is 15.8 Å². The third kappa shape index (κ3) is 3.72. The lowest BCUT2D eigenvalue weighted by Crippen LogP contribution is -2.11. The van der Waals surface area contributed by atoms with E-state index in [1.54, 1.807) is 6.92 Å². The van der Waals surface area contributed by atoms with Crippen LogP contribution < -0.4 is 0 Å². The minimum Gasteiger partial charge on any atom is -0.478 e. The van der Waals surface area contributed by atoms with E-state index in [0.717, 1.165) is 0 Å². The molecule has 0 radical (unpaired) electrons. The van der Waals surface area contributed by atoms with Crippen molar-refractivity contribution in [3.05, 3.63) is 28.3 Å². The molecule has 0 aliphatic carbocycles. The predicted octanol–water partition coefficient (Wildman–Crippen LogP) is 2.53. The van der Waals surface area contributed by atoms with Gasteiger partial charge in [-0.15, -0.1) is 11.8 Å². The standard InChI is InChI=1S/C13H13ClO4S/c1-3-4-5-6-19(17,18)12-8-10(14)7-11(9(12)2)13(15)16/h7-8H,5-6H2,1-2H3,(H,15,16). The van der Waals surface area contributed by atoms with Crippen LogP contribution in [0.3, 0.4) is 0 Å². The van der Waals surface area contributed by atoms with Gasteiger partial charge in [0.05, 0.1) is 16.2 Å². The number of halogens is 1. The molecule has 0 aliphatic heterocycles. The van der Waals surface area contributed by atoms with E-state index in [-0.39, 0.29) is 33.2 Å². The normalized spacial score (nSPS) is 10.7. The third-order valence-corrected chi connectivity index (χ3v) is 4.62. The van der Waals surface area contributed by atoms with Crippen molar-refractivity contribution >= 4 is 27.4 Å². The van der Waals surface area contributed by atoms with Gasteiger partial charge < -0.3 is 5.11 Å². The van der Waals surface area contributed by atoms with Crippen molar-refractivity contribution in [2.45, 2.75) is 25.2 Å². The highest BCUT2D eigenvalue weighted by Crippen LogP contribution is 2.25. The highest BCUT2D eigenvalue weighted by molar-refractivity contribution is 7.91. The molecule has 1 N–H and O–H groups in total. The summed E-state index contributed by atoms with van der Waals surface area (Å²) in [5.74, 6) is 3.92. The van der Waals surface area contributed by atoms with Crippen LogP contribution in [0.2, 0.25) is 5.02 Å². The molecule has 0 aliphatic rings. The SMILES string of the molecule is CC#CCCS(=O)(=O)c1cc(Cl)cc(C(=O)O)c1C. The van der Waals surface area contributed by atoms with E-state index in [1.807, 2.05) is 0 Å². The second-order valence-corrected chi connectivity index (χ2v) is 6.39. The summed E-state index contributed by atoms with van der Waals surface area (Å²) in [6.45, 7) is 3.08. The fourth-order valence-corrected chi connectivity index (χ4v) is 3.38. The predicted molar refractivity (Wildman–Crippen MR) is 73.3 cm³/mol. The molecule has 0 heterocycles. The first-order chi connectivity index (χ1) is 8.79. The molecule has 0 fully saturated rings. The average molecular weight is 301 g/mol. The van der Waals surface area contributed by atoms with Crippen molar-refractivity contribution < 1.29 is 18.3 Å². The van der Waals surface area contributed by atoms with Gasteiger partial charge >= 0.3 is 5.97 Å². The Hall–Kier alpha value is -1.51. The quantitative estimate of drug-likeness (QED) is 0.867. The Morgan fingerprint density at radius 2 is 2.05 bits per heavy atom. The Morgan fingerprint density at radius 3 is 2.58 bits per heavy atom. The van der Waals surface area contributed by atoms with Crippen LogP contribution in [0.15, 0.2) is 17.0 Å². The Balaban J connectivity index is 3.33. The number of sulfone groups is 1. The minimum atomic E-state index is -3.59. The van der Waals surface area contributed by atoms with Crippen LogP contribution in [-0.2, 0) is 9.84 Å². The van der Waals surface area contributed by atoms with Crippen LogP contribution in [-0.4, -0.2) is 25.2 Å². The lowest BCUT2D eigenvalue weighted by molar-refractivity contribution is 0.0696. The summed E-state index contributed by atoms with van der Waals surface area (Å²) in [6.07, 6.45) is 0.202. The van der Waals surface area contributed by atoms with Crippen molar-refractivity contribution in [3.63, 3.8) is 0 Å². The van der Waals surface area contributed by atoms with Crippen molar-refractivity contribution in [2.75, 3.05) is 5.75 Å². The Bertz CT molecular complexity index is 666. The van der Waals surface area contributed by atoms with E-state index in [2.05, 4.69) is 11.8 Å². The zero-order valence-corrected chi connectivity index (χ0v) is 12.1. The number of aromatic carboxylic acids is 1. The number of carboxylic acid groups (broad SMARTS) is 1. The van der Waals surface area contributed by atoms with Crippen molar-refractivity contribution in [1.29, 1.82) is 0 Å². The van der Waals surface area contributed by atoms with Gasteiger partial charge in [0.2, 0.25) is 0 Å². The van der Waals surface area contributed by atoms with E-state index >= 15 is 0 Å². The maximum absolute atomic E-state index is 12.1. The lowest BCUT2D eigenvalue weighted by atomic mass is 10.1. The van der Waals surface area contributed by atoms with Gasteiger partial charge in [-0.3, -0.25) is 0 Å². The molecule has 0 bridgehead atoms. The second kappa shape index (κ2) is 6.09. The molecule has 6 heteroatoms. The molecule has 0 saturated carbocycles. The maximum Gasteiger partial charge on any atom is 0.336 e. The Labute approximate surface area is 117 Å². The van der Waals surface area contributed by atoms with Crippen molar-refractivity contribution in [1.82, 2.24) is 0 Å². The lowest BCUT2D eigenvalue weighted by Gasteiger charge is -2.10. The van der Waals surface area contributed by atoms with E-state index in [4.69, 9.17) is 16.7 Å². The molecule has 1 aromatic carbocycles. The molecule has 102 valence electrons. The summed E-state index contributed by atoms with van der Waals surface area (Å²) in [4.78, 5) is 11.0. The van der Waals surface area contributed by atoms with Gasteiger partial charge in [0.1, 0.15) is 0 Å². The summed E-state index contributed by atoms with van der Waals surface area (Å²) in [6, 6.07) is 2.52. The maximum atomic E-state index is 12.1. The van der Waals surface area contributed by atoms with E-state index in [1.165, 1.54) is 19.1 Å². The molecular weight excluding hydrogens is 288 g/mol. The van der Waals surface area contributed by atoms with Gasteiger partial charge in [0, 0.05) is 11.4 Å². The van der Waals surface area contributed by atoms with Crippen LogP contribution in [0, 0.1) is 18.8 Å². The first-order valence-electron chi connectivity index (χ1n) is 5.45. The second-order valence-electron chi connectivity index (χ2n) is 3.88. The number of hydrogen-bond acceptors (Lipinski definition) is 3. The number of benzene rings is 1. The topological polar surface area (TPSA) is 71.4 Å². The van der Waals surface area contributed by atoms with Gasteiger partial charge in [0.25, 0.3) is 0 Å². The fourth-order valence-electron chi connectivity index (χ4n) is 1.62. The molecule has 1 aromatic rings. The first kappa shape index (κ1) is 15.5. The minimum absolute atomic E-state index is 0.0460. The molecule has 0 spiro atoms. The molecule has 1 rings (SSSR count). The van der Waals surface area contributed by atoms with Crippen molar-refractivity contribution in [2.24, 2.45) is 0 Å². The third-order valence-electron chi connectivity index (χ3n) is 2.56. The molecule has 0 unspecified atom stereocenters. The number of rotatable bonds is 4. The highest BCUT2D eigenvalue weighted by atomic mass is 35.5. The zero-order valence-electron chi connectivity index (χ0n) is 10.5. The molecule has 19 heavy (non-hydrogen) atoms. The van der Waals surface area contributed by atoms with Gasteiger partial charge in [-0.2, -0.15) is 0 Å². The van der Waals surface area contributed by atoms with Crippen LogP contribution in [0.25, 0.3) is 0 Å². The molecule has 0 amide bonds. The van der Waals surface area contributed by atoms with Crippen LogP contribution in [0.5, 0.6) is 0 Å². The molecule has 4 nitrogen and oxygen atoms in total. The fraction of sp³-hybridized carbons (Fsp3) is 0.308. The van der Waals surface area contributed by atoms with Crippen molar-refractivity contribution in [3.8, 4) is 11.8 Å². The summed E-state index contributed by atoms with van der Waals surface area (Å²) in [5, 5.41) is 9.10. The molecule has 0 atom stereocenters. The molecular formula is C13H13ClO4S. The number of carbonyl (C=O) groups is 1. The Kier molecular flexibility index (Phi) is 4.98. The summed E-state index contributed by atoms with van der Waals surface area (Å²) in [5.41, 5.74) is 0.0917. The van der Waals surface area contributed by atoms with Crippen LogP contribution in [0.1, 0.15) is 29.3 Å². The summed E-state index contributed by atoms with van der Waals surface area (Å²) >= 11 is 5.78. The van der Waals surface area contributed by atoms with Gasteiger partial charge in [-0.25, -0.2) is 13.2 Å². The highest BCUT2D eigenvalue weighted by Gasteiger charge is 2.21. The first-order valence-corrected chi connectivity index (χ1v) is 7.48. The zero-order chi connectivity index (χ0) is 14.6. The number of carboxylic acids is 1. The van der Waals surface area contributed by atoms with E-state index in [9.17, 15) is 13.2 Å². The van der Waals surface area contributed by atoms with Gasteiger partial charge in [-0.05, 0) is 31.5 Å².